The lowest BCUT2D eigenvalue weighted by atomic mass is 10.1. The fourth-order valence-electron chi connectivity index (χ4n) is 1.70. The average Bonchev–Trinajstić information content (AvgIpc) is 2.36. The molecule has 0 fully saturated rings. The van der Waals surface area contributed by atoms with Gasteiger partial charge >= 0.3 is 6.18 Å². The highest BCUT2D eigenvalue weighted by Gasteiger charge is 2.33. The summed E-state index contributed by atoms with van der Waals surface area (Å²) in [6.07, 6.45) is -4.47. The highest BCUT2D eigenvalue weighted by molar-refractivity contribution is 6.30. The molecule has 2 nitrogen and oxygen atoms in total. The van der Waals surface area contributed by atoms with Gasteiger partial charge in [-0.25, -0.2) is 0 Å². The number of hydrogen-bond donors (Lipinski definition) is 1. The predicted octanol–water partition coefficient (Wildman–Crippen LogP) is 4.52. The summed E-state index contributed by atoms with van der Waals surface area (Å²) < 4.78 is 44.0. The van der Waals surface area contributed by atoms with Gasteiger partial charge < -0.3 is 10.5 Å². The molecule has 0 bridgehead atoms. The Bertz CT molecular complexity index is 614. The summed E-state index contributed by atoms with van der Waals surface area (Å²) in [4.78, 5) is 0. The van der Waals surface area contributed by atoms with Crippen molar-refractivity contribution in [1.29, 1.82) is 0 Å². The highest BCUT2D eigenvalue weighted by atomic mass is 35.5. The van der Waals surface area contributed by atoms with Crippen molar-refractivity contribution in [3.8, 4) is 5.75 Å². The highest BCUT2D eigenvalue weighted by Crippen LogP contribution is 2.33. The van der Waals surface area contributed by atoms with Gasteiger partial charge in [0.05, 0.1) is 5.56 Å². The number of nitrogen functional groups attached to an aromatic ring is 1. The van der Waals surface area contributed by atoms with E-state index < -0.39 is 11.7 Å². The first-order valence-corrected chi connectivity index (χ1v) is 6.08. The van der Waals surface area contributed by atoms with Gasteiger partial charge in [-0.3, -0.25) is 0 Å². The van der Waals surface area contributed by atoms with Crippen LogP contribution in [0.4, 0.5) is 18.9 Å². The SMILES string of the molecule is Nc1ccc(COc2cccc(Cl)c2)c(C(F)(F)F)c1. The van der Waals surface area contributed by atoms with Crippen molar-refractivity contribution in [3.05, 3.63) is 58.6 Å². The lowest BCUT2D eigenvalue weighted by Gasteiger charge is -2.14. The maximum Gasteiger partial charge on any atom is 0.416 e. The fourth-order valence-corrected chi connectivity index (χ4v) is 1.88. The number of alkyl halides is 3. The van der Waals surface area contributed by atoms with Gasteiger partial charge in [0.2, 0.25) is 0 Å². The van der Waals surface area contributed by atoms with E-state index >= 15 is 0 Å². The molecule has 0 aliphatic carbocycles. The first-order valence-electron chi connectivity index (χ1n) is 5.70. The van der Waals surface area contributed by atoms with Gasteiger partial charge in [-0.1, -0.05) is 23.7 Å². The second-order valence-electron chi connectivity index (χ2n) is 4.16. The zero-order chi connectivity index (χ0) is 14.8. The Morgan fingerprint density at radius 2 is 1.85 bits per heavy atom. The quantitative estimate of drug-likeness (QED) is 0.846. The van der Waals surface area contributed by atoms with E-state index in [0.717, 1.165) is 6.07 Å². The molecule has 0 radical (unpaired) electrons. The number of benzene rings is 2. The maximum atomic E-state index is 12.9. The van der Waals surface area contributed by atoms with Gasteiger partial charge in [-0.15, -0.1) is 0 Å². The van der Waals surface area contributed by atoms with Crippen molar-refractivity contribution in [2.45, 2.75) is 12.8 Å². The molecule has 0 heterocycles. The molecule has 0 amide bonds. The Morgan fingerprint density at radius 1 is 1.10 bits per heavy atom. The maximum absolute atomic E-state index is 12.9. The Kier molecular flexibility index (Phi) is 4.09. The van der Waals surface area contributed by atoms with Crippen LogP contribution in [-0.4, -0.2) is 0 Å². The van der Waals surface area contributed by atoms with E-state index in [1.807, 2.05) is 0 Å². The van der Waals surface area contributed by atoms with Crippen LogP contribution in [0.1, 0.15) is 11.1 Å². The zero-order valence-electron chi connectivity index (χ0n) is 10.2. The number of halogens is 4. The van der Waals surface area contributed by atoms with Gasteiger partial charge in [0, 0.05) is 16.3 Å². The zero-order valence-corrected chi connectivity index (χ0v) is 11.0. The second kappa shape index (κ2) is 5.63. The number of rotatable bonds is 3. The molecule has 2 aromatic carbocycles. The molecule has 6 heteroatoms. The Balaban J connectivity index is 2.21. The second-order valence-corrected chi connectivity index (χ2v) is 4.60. The Morgan fingerprint density at radius 3 is 2.50 bits per heavy atom. The van der Waals surface area contributed by atoms with Crippen LogP contribution in [-0.2, 0) is 12.8 Å². The van der Waals surface area contributed by atoms with Crippen LogP contribution in [0.25, 0.3) is 0 Å². The van der Waals surface area contributed by atoms with Crippen molar-refractivity contribution < 1.29 is 17.9 Å². The first kappa shape index (κ1) is 14.5. The van der Waals surface area contributed by atoms with Gasteiger partial charge in [-0.2, -0.15) is 13.2 Å². The van der Waals surface area contributed by atoms with E-state index in [1.165, 1.54) is 18.2 Å². The van der Waals surface area contributed by atoms with Crippen LogP contribution in [0.15, 0.2) is 42.5 Å². The summed E-state index contributed by atoms with van der Waals surface area (Å²) in [7, 11) is 0. The van der Waals surface area contributed by atoms with E-state index in [1.54, 1.807) is 18.2 Å². The van der Waals surface area contributed by atoms with E-state index in [2.05, 4.69) is 0 Å². The summed E-state index contributed by atoms with van der Waals surface area (Å²) in [6, 6.07) is 10.1. The third-order valence-electron chi connectivity index (χ3n) is 2.63. The molecule has 0 unspecified atom stereocenters. The van der Waals surface area contributed by atoms with E-state index in [-0.39, 0.29) is 17.9 Å². The molecular formula is C14H11ClF3NO. The van der Waals surface area contributed by atoms with E-state index in [0.29, 0.717) is 10.8 Å². The summed E-state index contributed by atoms with van der Waals surface area (Å²) in [5, 5.41) is 0.454. The molecule has 2 N–H and O–H groups in total. The topological polar surface area (TPSA) is 35.2 Å². The van der Waals surface area contributed by atoms with Crippen LogP contribution < -0.4 is 10.5 Å². The summed E-state index contributed by atoms with van der Waals surface area (Å²) in [6.45, 7) is -0.213. The Labute approximate surface area is 118 Å². The lowest BCUT2D eigenvalue weighted by Crippen LogP contribution is -2.11. The smallest absolute Gasteiger partial charge is 0.416 e. The van der Waals surface area contributed by atoms with Crippen molar-refractivity contribution in [2.75, 3.05) is 5.73 Å². The van der Waals surface area contributed by atoms with Crippen LogP contribution in [0.2, 0.25) is 5.02 Å². The van der Waals surface area contributed by atoms with E-state index in [9.17, 15) is 13.2 Å². The molecular weight excluding hydrogens is 291 g/mol. The number of nitrogens with two attached hydrogens (primary N) is 1. The number of anilines is 1. The molecule has 0 saturated carbocycles. The lowest BCUT2D eigenvalue weighted by molar-refractivity contribution is -0.138. The Hall–Kier alpha value is -1.88. The molecule has 0 aromatic heterocycles. The van der Waals surface area contributed by atoms with Crippen molar-refractivity contribution in [2.24, 2.45) is 0 Å². The fraction of sp³-hybridized carbons (Fsp3) is 0.143. The molecule has 106 valence electrons. The first-order chi connectivity index (χ1) is 9.36. The summed E-state index contributed by atoms with van der Waals surface area (Å²) in [5.74, 6) is 0.405. The summed E-state index contributed by atoms with van der Waals surface area (Å²) >= 11 is 5.77. The van der Waals surface area contributed by atoms with E-state index in [4.69, 9.17) is 22.1 Å². The molecule has 20 heavy (non-hydrogen) atoms. The molecule has 0 atom stereocenters. The monoisotopic (exact) mass is 301 g/mol. The van der Waals surface area contributed by atoms with Crippen LogP contribution in [0, 0.1) is 0 Å². The largest absolute Gasteiger partial charge is 0.489 e. The number of ether oxygens (including phenoxy) is 1. The minimum absolute atomic E-state index is 0.0201. The summed E-state index contributed by atoms with van der Waals surface area (Å²) in [5.41, 5.74) is 4.68. The molecule has 2 rings (SSSR count). The third kappa shape index (κ3) is 3.57. The van der Waals surface area contributed by atoms with Gasteiger partial charge in [0.25, 0.3) is 0 Å². The molecule has 0 aliphatic rings. The molecule has 2 aromatic rings. The van der Waals surface area contributed by atoms with Crippen LogP contribution >= 0.6 is 11.6 Å². The minimum atomic E-state index is -4.47. The molecule has 0 saturated heterocycles. The van der Waals surface area contributed by atoms with Crippen molar-refractivity contribution >= 4 is 17.3 Å². The van der Waals surface area contributed by atoms with Gasteiger partial charge in [-0.05, 0) is 30.3 Å². The van der Waals surface area contributed by atoms with Crippen molar-refractivity contribution in [1.82, 2.24) is 0 Å². The minimum Gasteiger partial charge on any atom is -0.489 e. The molecule has 0 aliphatic heterocycles. The number of hydrogen-bond acceptors (Lipinski definition) is 2. The van der Waals surface area contributed by atoms with Gasteiger partial charge in [0.15, 0.2) is 0 Å². The van der Waals surface area contributed by atoms with Crippen LogP contribution in [0.3, 0.4) is 0 Å². The van der Waals surface area contributed by atoms with Gasteiger partial charge in [0.1, 0.15) is 12.4 Å². The normalized spacial score (nSPS) is 11.4. The third-order valence-corrected chi connectivity index (χ3v) is 2.86. The standard InChI is InChI=1S/C14H11ClF3NO/c15-10-2-1-3-12(6-10)20-8-9-4-5-11(19)7-13(9)14(16,17)18/h1-7H,8,19H2. The van der Waals surface area contributed by atoms with Crippen LogP contribution in [0.5, 0.6) is 5.75 Å². The molecule has 0 spiro atoms. The average molecular weight is 302 g/mol. The predicted molar refractivity (Wildman–Crippen MR) is 71.6 cm³/mol. The van der Waals surface area contributed by atoms with Crippen molar-refractivity contribution in [3.63, 3.8) is 0 Å².